The first kappa shape index (κ1) is 23.5. The second-order valence-corrected chi connectivity index (χ2v) is 7.98. The van der Waals surface area contributed by atoms with Gasteiger partial charge in [-0.3, -0.25) is 0 Å². The van der Waals surface area contributed by atoms with Gasteiger partial charge in [-0.1, -0.05) is 29.8 Å². The largest absolute Gasteiger partial charge is 0.493 e. The van der Waals surface area contributed by atoms with E-state index in [9.17, 15) is 5.11 Å². The molecular formula is C23H33ClN2O3. The number of benzene rings is 2. The molecule has 0 saturated heterocycles. The molecule has 29 heavy (non-hydrogen) atoms. The summed E-state index contributed by atoms with van der Waals surface area (Å²) in [4.78, 5) is 2.09. The summed E-state index contributed by atoms with van der Waals surface area (Å²) in [5.41, 5.74) is 2.33. The molecule has 6 heteroatoms. The summed E-state index contributed by atoms with van der Waals surface area (Å²) in [5, 5.41) is 14.4. The van der Waals surface area contributed by atoms with Crippen molar-refractivity contribution in [2.45, 2.75) is 39.0 Å². The van der Waals surface area contributed by atoms with E-state index in [0.29, 0.717) is 24.1 Å². The van der Waals surface area contributed by atoms with Crippen LogP contribution in [0.25, 0.3) is 0 Å². The Balaban J connectivity index is 1.81. The Bertz CT molecular complexity index is 755. The van der Waals surface area contributed by atoms with Gasteiger partial charge in [0.15, 0.2) is 11.5 Å². The molecule has 1 atom stereocenters. The van der Waals surface area contributed by atoms with Crippen molar-refractivity contribution in [2.75, 3.05) is 33.9 Å². The van der Waals surface area contributed by atoms with Gasteiger partial charge >= 0.3 is 0 Å². The van der Waals surface area contributed by atoms with Crippen molar-refractivity contribution in [3.63, 3.8) is 0 Å². The summed E-state index contributed by atoms with van der Waals surface area (Å²) < 4.78 is 11.3. The van der Waals surface area contributed by atoms with Crippen LogP contribution in [0.1, 0.15) is 25.0 Å². The first-order valence-electron chi connectivity index (χ1n) is 10.0. The van der Waals surface area contributed by atoms with Gasteiger partial charge < -0.3 is 24.8 Å². The van der Waals surface area contributed by atoms with Crippen LogP contribution in [0.15, 0.2) is 42.5 Å². The minimum absolute atomic E-state index is 0.227. The van der Waals surface area contributed by atoms with Crippen LogP contribution in [-0.2, 0) is 13.0 Å². The van der Waals surface area contributed by atoms with E-state index in [0.717, 1.165) is 30.1 Å². The highest BCUT2D eigenvalue weighted by Gasteiger charge is 2.13. The first-order chi connectivity index (χ1) is 13.9. The van der Waals surface area contributed by atoms with Crippen LogP contribution in [0.4, 0.5) is 0 Å². The predicted octanol–water partition coefficient (Wildman–Crippen LogP) is 3.76. The Hall–Kier alpha value is -1.79. The van der Waals surface area contributed by atoms with Gasteiger partial charge in [-0.05, 0) is 69.3 Å². The molecule has 0 saturated carbocycles. The number of hydrogen-bond donors (Lipinski definition) is 2. The van der Waals surface area contributed by atoms with Crippen LogP contribution in [0.3, 0.4) is 0 Å². The van der Waals surface area contributed by atoms with Crippen molar-refractivity contribution in [1.29, 1.82) is 0 Å². The van der Waals surface area contributed by atoms with Crippen molar-refractivity contribution in [3.8, 4) is 11.5 Å². The molecule has 0 radical (unpaired) electrons. The number of methoxy groups -OCH3 is 1. The minimum atomic E-state index is -0.556. The molecule has 0 aliphatic heterocycles. The van der Waals surface area contributed by atoms with E-state index < -0.39 is 6.10 Å². The van der Waals surface area contributed by atoms with Gasteiger partial charge in [0.1, 0.15) is 12.7 Å². The number of aliphatic hydroxyl groups excluding tert-OH is 1. The summed E-state index contributed by atoms with van der Waals surface area (Å²) in [7, 11) is 3.62. The maximum atomic E-state index is 10.2. The fourth-order valence-electron chi connectivity index (χ4n) is 2.88. The molecule has 0 aliphatic carbocycles. The molecule has 0 unspecified atom stereocenters. The van der Waals surface area contributed by atoms with Gasteiger partial charge in [0.05, 0.1) is 7.11 Å². The molecule has 5 nitrogen and oxygen atoms in total. The highest BCUT2D eigenvalue weighted by molar-refractivity contribution is 6.30. The topological polar surface area (TPSA) is 54.0 Å². The van der Waals surface area contributed by atoms with Gasteiger partial charge in [0.25, 0.3) is 0 Å². The number of ether oxygens (including phenoxy) is 2. The number of aliphatic hydroxyl groups is 1. The Morgan fingerprint density at radius 2 is 1.90 bits per heavy atom. The van der Waals surface area contributed by atoms with Crippen LogP contribution in [0.2, 0.25) is 5.02 Å². The lowest BCUT2D eigenvalue weighted by atomic mass is 10.1. The van der Waals surface area contributed by atoms with Crippen LogP contribution in [0, 0.1) is 0 Å². The molecular weight excluding hydrogens is 388 g/mol. The number of hydrogen-bond acceptors (Lipinski definition) is 5. The average molecular weight is 421 g/mol. The summed E-state index contributed by atoms with van der Waals surface area (Å²) in [6, 6.07) is 14.2. The Labute approximate surface area is 179 Å². The number of nitrogens with zero attached hydrogens (tertiary/aromatic N) is 1. The van der Waals surface area contributed by atoms with E-state index >= 15 is 0 Å². The third-order valence-electron chi connectivity index (χ3n) is 4.85. The molecule has 2 rings (SSSR count). The molecule has 0 fully saturated rings. The summed E-state index contributed by atoms with van der Waals surface area (Å²) >= 11 is 6.02. The fraction of sp³-hybridized carbons (Fsp3) is 0.478. The normalized spacial score (nSPS) is 12.4. The maximum absolute atomic E-state index is 10.2. The van der Waals surface area contributed by atoms with E-state index in [1.165, 1.54) is 5.56 Å². The zero-order chi connectivity index (χ0) is 21.2. The van der Waals surface area contributed by atoms with E-state index in [4.69, 9.17) is 21.1 Å². The standard InChI is InChI=1S/C23H33ClN2O3/c1-17(2)26(3)15-21(27)16-29-22-9-8-19(13-23(22)28-4)14-25-11-10-18-6-5-7-20(24)12-18/h5-9,12-13,17,21,25,27H,10-11,14-16H2,1-4H3/t21-/m0/s1. The molecule has 0 bridgehead atoms. The monoisotopic (exact) mass is 420 g/mol. The second kappa shape index (κ2) is 12.0. The van der Waals surface area contributed by atoms with Gasteiger partial charge in [-0.25, -0.2) is 0 Å². The Morgan fingerprint density at radius 1 is 1.10 bits per heavy atom. The first-order valence-corrected chi connectivity index (χ1v) is 10.4. The molecule has 2 aromatic carbocycles. The molecule has 2 aromatic rings. The summed E-state index contributed by atoms with van der Waals surface area (Å²) in [6.07, 6.45) is 0.363. The molecule has 0 heterocycles. The Morgan fingerprint density at radius 3 is 2.59 bits per heavy atom. The van der Waals surface area contributed by atoms with Gasteiger partial charge in [-0.2, -0.15) is 0 Å². The van der Waals surface area contributed by atoms with Crippen molar-refractivity contribution in [1.82, 2.24) is 10.2 Å². The summed E-state index contributed by atoms with van der Waals surface area (Å²) in [6.45, 7) is 6.57. The SMILES string of the molecule is COc1cc(CNCCc2cccc(Cl)c2)ccc1OC[C@@H](O)CN(C)C(C)C. The van der Waals surface area contributed by atoms with E-state index in [2.05, 4.69) is 30.1 Å². The third-order valence-corrected chi connectivity index (χ3v) is 5.08. The highest BCUT2D eigenvalue weighted by atomic mass is 35.5. The summed E-state index contributed by atoms with van der Waals surface area (Å²) in [5.74, 6) is 1.31. The minimum Gasteiger partial charge on any atom is -0.493 e. The second-order valence-electron chi connectivity index (χ2n) is 7.54. The molecule has 0 amide bonds. The van der Waals surface area contributed by atoms with Crippen molar-refractivity contribution >= 4 is 11.6 Å². The number of rotatable bonds is 12. The smallest absolute Gasteiger partial charge is 0.161 e. The lowest BCUT2D eigenvalue weighted by Crippen LogP contribution is -2.36. The van der Waals surface area contributed by atoms with Crippen LogP contribution in [0.5, 0.6) is 11.5 Å². The highest BCUT2D eigenvalue weighted by Crippen LogP contribution is 2.28. The van der Waals surface area contributed by atoms with Gasteiger partial charge in [-0.15, -0.1) is 0 Å². The zero-order valence-electron chi connectivity index (χ0n) is 17.8. The van der Waals surface area contributed by atoms with Crippen LogP contribution >= 0.6 is 11.6 Å². The van der Waals surface area contributed by atoms with E-state index in [1.807, 2.05) is 43.4 Å². The fourth-order valence-corrected chi connectivity index (χ4v) is 3.09. The van der Waals surface area contributed by atoms with Crippen molar-refractivity contribution < 1.29 is 14.6 Å². The number of likely N-dealkylation sites (N-methyl/N-ethyl adjacent to an activating group) is 1. The molecule has 0 spiro atoms. The third kappa shape index (κ3) is 8.23. The predicted molar refractivity (Wildman–Crippen MR) is 119 cm³/mol. The van der Waals surface area contributed by atoms with Crippen LogP contribution in [-0.4, -0.2) is 56.0 Å². The van der Waals surface area contributed by atoms with Gasteiger partial charge in [0, 0.05) is 24.2 Å². The average Bonchev–Trinajstić information content (AvgIpc) is 2.70. The van der Waals surface area contributed by atoms with Crippen molar-refractivity contribution in [3.05, 3.63) is 58.6 Å². The lowest BCUT2D eigenvalue weighted by Gasteiger charge is -2.24. The quantitative estimate of drug-likeness (QED) is 0.512. The molecule has 0 aromatic heterocycles. The zero-order valence-corrected chi connectivity index (χ0v) is 18.6. The molecule has 0 aliphatic rings. The maximum Gasteiger partial charge on any atom is 0.161 e. The van der Waals surface area contributed by atoms with Crippen LogP contribution < -0.4 is 14.8 Å². The molecule has 2 N–H and O–H groups in total. The van der Waals surface area contributed by atoms with E-state index in [1.54, 1.807) is 7.11 Å². The number of halogens is 1. The molecule has 160 valence electrons. The Kier molecular flexibility index (Phi) is 9.74. The van der Waals surface area contributed by atoms with Crippen molar-refractivity contribution in [2.24, 2.45) is 0 Å². The lowest BCUT2D eigenvalue weighted by molar-refractivity contribution is 0.0668. The van der Waals surface area contributed by atoms with E-state index in [-0.39, 0.29) is 6.61 Å². The van der Waals surface area contributed by atoms with Gasteiger partial charge in [0.2, 0.25) is 0 Å². The number of nitrogens with one attached hydrogen (secondary N) is 1.